The predicted molar refractivity (Wildman–Crippen MR) is 70.5 cm³/mol. The summed E-state index contributed by atoms with van der Waals surface area (Å²) >= 11 is 1.64. The third kappa shape index (κ3) is 2.58. The number of nitrogens with zero attached hydrogens (tertiary/aromatic N) is 1. The second kappa shape index (κ2) is 5.61. The molecule has 2 aromatic rings. The molecule has 0 bridgehead atoms. The van der Waals surface area contributed by atoms with E-state index in [1.54, 1.807) is 11.3 Å². The lowest BCUT2D eigenvalue weighted by Gasteiger charge is -2.04. The van der Waals surface area contributed by atoms with Gasteiger partial charge in [-0.15, -0.1) is 11.3 Å². The Morgan fingerprint density at radius 3 is 2.75 bits per heavy atom. The summed E-state index contributed by atoms with van der Waals surface area (Å²) in [5.74, 6) is 0. The molecule has 1 aromatic heterocycles. The van der Waals surface area contributed by atoms with Gasteiger partial charge in [0.05, 0.1) is 11.2 Å². The second-order valence-corrected chi connectivity index (χ2v) is 4.36. The summed E-state index contributed by atoms with van der Waals surface area (Å²) in [6.07, 6.45) is 4.55. The van der Waals surface area contributed by atoms with E-state index in [9.17, 15) is 0 Å². The van der Waals surface area contributed by atoms with E-state index in [-0.39, 0.29) is 0 Å². The number of hydrogen-bond donors (Lipinski definition) is 0. The standard InChI is InChI=1S/C14H15NS/c1-2-3-9-13(14-10-16-11-15-14)12-7-5-4-6-8-12/h4-11H,2-3H2,1H3/b13-9-. The third-order valence-corrected chi connectivity index (χ3v) is 3.02. The Hall–Kier alpha value is -1.41. The van der Waals surface area contributed by atoms with Crippen molar-refractivity contribution in [2.45, 2.75) is 19.8 Å². The summed E-state index contributed by atoms with van der Waals surface area (Å²) in [6.45, 7) is 2.19. The van der Waals surface area contributed by atoms with Crippen LogP contribution in [0.1, 0.15) is 31.0 Å². The molecule has 0 aliphatic carbocycles. The minimum atomic E-state index is 1.09. The van der Waals surface area contributed by atoms with Gasteiger partial charge in [-0.2, -0.15) is 0 Å². The van der Waals surface area contributed by atoms with Gasteiger partial charge < -0.3 is 0 Å². The normalized spacial score (nSPS) is 11.7. The van der Waals surface area contributed by atoms with Crippen LogP contribution in [0.15, 0.2) is 47.3 Å². The summed E-state index contributed by atoms with van der Waals surface area (Å²) in [5.41, 5.74) is 5.48. The van der Waals surface area contributed by atoms with Gasteiger partial charge in [0.15, 0.2) is 0 Å². The number of allylic oxidation sites excluding steroid dienone is 1. The van der Waals surface area contributed by atoms with E-state index >= 15 is 0 Å². The van der Waals surface area contributed by atoms with Crippen LogP contribution >= 0.6 is 11.3 Å². The highest BCUT2D eigenvalue weighted by Gasteiger charge is 2.05. The van der Waals surface area contributed by atoms with Gasteiger partial charge in [-0.3, -0.25) is 0 Å². The van der Waals surface area contributed by atoms with Crippen LogP contribution in [-0.2, 0) is 0 Å². The van der Waals surface area contributed by atoms with Crippen molar-refractivity contribution < 1.29 is 0 Å². The highest BCUT2D eigenvalue weighted by Crippen LogP contribution is 2.23. The minimum absolute atomic E-state index is 1.09. The molecule has 0 atom stereocenters. The molecule has 0 unspecified atom stereocenters. The molecule has 82 valence electrons. The molecule has 16 heavy (non-hydrogen) atoms. The quantitative estimate of drug-likeness (QED) is 0.758. The van der Waals surface area contributed by atoms with Gasteiger partial charge >= 0.3 is 0 Å². The molecule has 1 heterocycles. The first-order chi connectivity index (χ1) is 7.92. The number of aromatic nitrogens is 1. The molecular weight excluding hydrogens is 214 g/mol. The first-order valence-corrected chi connectivity index (χ1v) is 6.50. The Bertz CT molecular complexity index is 443. The lowest BCUT2D eigenvalue weighted by molar-refractivity contribution is 0.959. The van der Waals surface area contributed by atoms with E-state index in [0.29, 0.717) is 0 Å². The van der Waals surface area contributed by atoms with E-state index in [4.69, 9.17) is 0 Å². The van der Waals surface area contributed by atoms with E-state index in [1.165, 1.54) is 17.6 Å². The van der Waals surface area contributed by atoms with Crippen LogP contribution in [0.25, 0.3) is 5.57 Å². The van der Waals surface area contributed by atoms with Crippen molar-refractivity contribution in [3.63, 3.8) is 0 Å². The molecule has 2 rings (SSSR count). The lowest BCUT2D eigenvalue weighted by atomic mass is 10.0. The number of thiazole rings is 1. The lowest BCUT2D eigenvalue weighted by Crippen LogP contribution is -1.87. The molecule has 0 saturated carbocycles. The first-order valence-electron chi connectivity index (χ1n) is 5.56. The molecule has 0 spiro atoms. The van der Waals surface area contributed by atoms with Crippen molar-refractivity contribution in [3.05, 3.63) is 58.6 Å². The summed E-state index contributed by atoms with van der Waals surface area (Å²) in [4.78, 5) is 4.40. The number of hydrogen-bond acceptors (Lipinski definition) is 2. The first kappa shape index (κ1) is 11.1. The van der Waals surface area contributed by atoms with Gasteiger partial charge in [0.25, 0.3) is 0 Å². The van der Waals surface area contributed by atoms with Gasteiger partial charge in [0.1, 0.15) is 0 Å². The number of rotatable bonds is 4. The van der Waals surface area contributed by atoms with E-state index in [2.05, 4.69) is 47.6 Å². The van der Waals surface area contributed by atoms with Gasteiger partial charge in [0.2, 0.25) is 0 Å². The van der Waals surface area contributed by atoms with Crippen LogP contribution in [0.3, 0.4) is 0 Å². The average Bonchev–Trinajstić information content (AvgIpc) is 2.85. The maximum Gasteiger partial charge on any atom is 0.0813 e. The Morgan fingerprint density at radius 1 is 1.31 bits per heavy atom. The van der Waals surface area contributed by atoms with Crippen molar-refractivity contribution in [2.24, 2.45) is 0 Å². The van der Waals surface area contributed by atoms with Crippen LogP contribution < -0.4 is 0 Å². The Labute approximate surface area is 100 Å². The number of unbranched alkanes of at least 4 members (excludes halogenated alkanes) is 1. The molecule has 0 radical (unpaired) electrons. The molecule has 0 fully saturated rings. The van der Waals surface area contributed by atoms with Crippen LogP contribution in [0.5, 0.6) is 0 Å². The second-order valence-electron chi connectivity index (χ2n) is 3.65. The fourth-order valence-electron chi connectivity index (χ4n) is 1.62. The fourth-order valence-corrected chi connectivity index (χ4v) is 2.17. The van der Waals surface area contributed by atoms with E-state index in [1.807, 2.05) is 11.6 Å². The van der Waals surface area contributed by atoms with Crippen molar-refractivity contribution in [2.75, 3.05) is 0 Å². The van der Waals surface area contributed by atoms with Crippen molar-refractivity contribution in [3.8, 4) is 0 Å². The Balaban J connectivity index is 2.37. The molecular formula is C14H15NS. The fraction of sp³-hybridized carbons (Fsp3) is 0.214. The van der Waals surface area contributed by atoms with E-state index in [0.717, 1.165) is 12.1 Å². The largest absolute Gasteiger partial charge is 0.245 e. The van der Waals surface area contributed by atoms with Gasteiger partial charge in [-0.1, -0.05) is 49.8 Å². The van der Waals surface area contributed by atoms with Crippen molar-refractivity contribution in [1.82, 2.24) is 4.98 Å². The van der Waals surface area contributed by atoms with Crippen LogP contribution in [0.2, 0.25) is 0 Å². The zero-order valence-electron chi connectivity index (χ0n) is 9.39. The highest BCUT2D eigenvalue weighted by atomic mass is 32.1. The summed E-state index contributed by atoms with van der Waals surface area (Å²) in [7, 11) is 0. The molecule has 0 saturated heterocycles. The average molecular weight is 229 g/mol. The molecule has 2 heteroatoms. The summed E-state index contributed by atoms with van der Waals surface area (Å²) in [6, 6.07) is 10.5. The van der Waals surface area contributed by atoms with Gasteiger partial charge in [-0.05, 0) is 12.0 Å². The topological polar surface area (TPSA) is 12.9 Å². The molecule has 0 aliphatic rings. The zero-order valence-corrected chi connectivity index (χ0v) is 10.2. The molecule has 1 aromatic carbocycles. The molecule has 0 N–H and O–H groups in total. The monoisotopic (exact) mass is 229 g/mol. The van der Waals surface area contributed by atoms with Crippen molar-refractivity contribution in [1.29, 1.82) is 0 Å². The van der Waals surface area contributed by atoms with E-state index < -0.39 is 0 Å². The van der Waals surface area contributed by atoms with Crippen LogP contribution in [-0.4, -0.2) is 4.98 Å². The zero-order chi connectivity index (χ0) is 11.2. The van der Waals surface area contributed by atoms with Crippen LogP contribution in [0, 0.1) is 0 Å². The SMILES string of the molecule is CCC/C=C(/c1ccccc1)c1cscn1. The Morgan fingerprint density at radius 2 is 2.12 bits per heavy atom. The predicted octanol–water partition coefficient (Wildman–Crippen LogP) is 4.37. The van der Waals surface area contributed by atoms with Crippen LogP contribution in [0.4, 0.5) is 0 Å². The third-order valence-electron chi connectivity index (χ3n) is 2.43. The smallest absolute Gasteiger partial charge is 0.0813 e. The molecule has 1 nitrogen and oxygen atoms in total. The summed E-state index contributed by atoms with van der Waals surface area (Å²) in [5, 5.41) is 2.11. The van der Waals surface area contributed by atoms with Gasteiger partial charge in [0, 0.05) is 11.0 Å². The van der Waals surface area contributed by atoms with Crippen molar-refractivity contribution >= 4 is 16.9 Å². The number of benzene rings is 1. The highest BCUT2D eigenvalue weighted by molar-refractivity contribution is 7.07. The maximum atomic E-state index is 4.40. The summed E-state index contributed by atoms with van der Waals surface area (Å²) < 4.78 is 0. The maximum absolute atomic E-state index is 4.40. The Kier molecular flexibility index (Phi) is 3.89. The van der Waals surface area contributed by atoms with Gasteiger partial charge in [-0.25, -0.2) is 4.98 Å². The molecule has 0 aliphatic heterocycles. The minimum Gasteiger partial charge on any atom is -0.245 e. The molecule has 0 amide bonds.